The van der Waals surface area contributed by atoms with Gasteiger partial charge in [0.05, 0.1) is 6.54 Å². The average molecular weight is 295 g/mol. The van der Waals surface area contributed by atoms with Crippen LogP contribution < -0.4 is 10.6 Å². The lowest BCUT2D eigenvalue weighted by atomic mass is 10.1. The topological polar surface area (TPSA) is 36.4 Å². The Morgan fingerprint density at radius 2 is 2.20 bits per heavy atom. The lowest BCUT2D eigenvalue weighted by molar-refractivity contribution is 0.625. The van der Waals surface area contributed by atoms with Gasteiger partial charge in [-0.25, -0.2) is 9.38 Å². The second kappa shape index (κ2) is 7.53. The van der Waals surface area contributed by atoms with Crippen LogP contribution in [0, 0.1) is 5.82 Å². The molecule has 1 fully saturated rings. The molecule has 0 bridgehead atoms. The first kappa shape index (κ1) is 15.2. The van der Waals surface area contributed by atoms with E-state index in [2.05, 4.69) is 22.5 Å². The number of rotatable bonds is 6. The number of nitrogens with zero attached hydrogens (tertiary/aromatic N) is 1. The lowest BCUT2D eigenvalue weighted by Gasteiger charge is -2.11. The summed E-state index contributed by atoms with van der Waals surface area (Å²) in [5.41, 5.74) is 2.12. The fourth-order valence-electron chi connectivity index (χ4n) is 1.94. The monoisotopic (exact) mass is 295 g/mol. The summed E-state index contributed by atoms with van der Waals surface area (Å²) in [6, 6.07) is 5.54. The molecule has 2 rings (SSSR count). The fraction of sp³-hybridized carbons (Fsp3) is 0.533. The Morgan fingerprint density at radius 3 is 2.85 bits per heavy atom. The molecule has 0 radical (unpaired) electrons. The van der Waals surface area contributed by atoms with E-state index < -0.39 is 0 Å². The molecule has 1 aliphatic rings. The van der Waals surface area contributed by atoms with Gasteiger partial charge in [-0.05, 0) is 49.3 Å². The second-order valence-electron chi connectivity index (χ2n) is 4.96. The number of hydrogen-bond acceptors (Lipinski definition) is 2. The van der Waals surface area contributed by atoms with Crippen molar-refractivity contribution in [3.8, 4) is 0 Å². The highest BCUT2D eigenvalue weighted by Crippen LogP contribution is 2.19. The molecule has 0 amide bonds. The van der Waals surface area contributed by atoms with E-state index in [0.29, 0.717) is 12.6 Å². The van der Waals surface area contributed by atoms with Crippen molar-refractivity contribution in [2.75, 3.05) is 12.8 Å². The van der Waals surface area contributed by atoms with Crippen LogP contribution in [0.5, 0.6) is 0 Å². The van der Waals surface area contributed by atoms with Crippen LogP contribution in [-0.4, -0.2) is 24.8 Å². The largest absolute Gasteiger partial charge is 0.357 e. The summed E-state index contributed by atoms with van der Waals surface area (Å²) in [6.45, 7) is 3.49. The van der Waals surface area contributed by atoms with Crippen LogP contribution in [0.25, 0.3) is 0 Å². The van der Waals surface area contributed by atoms with Crippen molar-refractivity contribution in [3.63, 3.8) is 0 Å². The van der Waals surface area contributed by atoms with E-state index in [4.69, 9.17) is 0 Å². The van der Waals surface area contributed by atoms with Gasteiger partial charge in [0.25, 0.3) is 0 Å². The van der Waals surface area contributed by atoms with Crippen LogP contribution in [0.4, 0.5) is 4.39 Å². The molecule has 0 aromatic heterocycles. The zero-order valence-corrected chi connectivity index (χ0v) is 12.9. The van der Waals surface area contributed by atoms with Gasteiger partial charge in [0.15, 0.2) is 5.96 Å². The minimum Gasteiger partial charge on any atom is -0.357 e. The molecule has 3 nitrogen and oxygen atoms in total. The first-order chi connectivity index (χ1) is 9.72. The summed E-state index contributed by atoms with van der Waals surface area (Å²) in [7, 11) is 0. The third kappa shape index (κ3) is 4.71. The Morgan fingerprint density at radius 1 is 1.40 bits per heavy atom. The minimum absolute atomic E-state index is 0.176. The van der Waals surface area contributed by atoms with Crippen molar-refractivity contribution in [2.45, 2.75) is 38.1 Å². The maximum absolute atomic E-state index is 13.3. The molecule has 1 aliphatic carbocycles. The van der Waals surface area contributed by atoms with E-state index in [0.717, 1.165) is 29.4 Å². The van der Waals surface area contributed by atoms with Crippen molar-refractivity contribution >= 4 is 17.7 Å². The van der Waals surface area contributed by atoms with E-state index in [1.54, 1.807) is 17.8 Å². The van der Waals surface area contributed by atoms with Crippen LogP contribution in [0.2, 0.25) is 0 Å². The van der Waals surface area contributed by atoms with Crippen LogP contribution >= 0.6 is 11.8 Å². The number of aliphatic imine (C=N–C) groups is 1. The van der Waals surface area contributed by atoms with Gasteiger partial charge in [0, 0.05) is 18.3 Å². The molecular weight excluding hydrogens is 273 g/mol. The number of nitrogens with one attached hydrogen (secondary N) is 2. The molecule has 1 aromatic rings. The molecule has 20 heavy (non-hydrogen) atoms. The molecule has 0 heterocycles. The van der Waals surface area contributed by atoms with E-state index in [9.17, 15) is 4.39 Å². The Labute approximate surface area is 124 Å². The van der Waals surface area contributed by atoms with Crippen molar-refractivity contribution in [2.24, 2.45) is 4.99 Å². The molecule has 0 saturated heterocycles. The Balaban J connectivity index is 2.06. The zero-order valence-electron chi connectivity index (χ0n) is 12.1. The van der Waals surface area contributed by atoms with Gasteiger partial charge >= 0.3 is 0 Å². The normalized spacial score (nSPS) is 15.2. The van der Waals surface area contributed by atoms with Crippen LogP contribution in [0.15, 0.2) is 23.2 Å². The Hall–Kier alpha value is -1.23. The summed E-state index contributed by atoms with van der Waals surface area (Å²) in [5, 5.41) is 6.63. The van der Waals surface area contributed by atoms with Crippen molar-refractivity contribution in [1.82, 2.24) is 10.6 Å². The van der Waals surface area contributed by atoms with Gasteiger partial charge in [-0.1, -0.05) is 6.07 Å². The number of thioether (sulfide) groups is 1. The Kier molecular flexibility index (Phi) is 5.71. The second-order valence-corrected chi connectivity index (χ2v) is 5.83. The van der Waals surface area contributed by atoms with Crippen molar-refractivity contribution in [1.29, 1.82) is 0 Å². The standard InChI is InChI=1S/C15H22FN3S/c1-3-17-15(19-14-6-7-14)18-9-11-4-5-13(16)8-12(11)10-20-2/h4-5,8,14H,3,6-7,9-10H2,1-2H3,(H2,17,18,19). The molecule has 0 aliphatic heterocycles. The van der Waals surface area contributed by atoms with Crippen LogP contribution in [0.3, 0.4) is 0 Å². The lowest BCUT2D eigenvalue weighted by Crippen LogP contribution is -2.38. The molecule has 110 valence electrons. The van der Waals surface area contributed by atoms with Gasteiger partial charge < -0.3 is 10.6 Å². The predicted octanol–water partition coefficient (Wildman–Crippen LogP) is 2.91. The van der Waals surface area contributed by atoms with Crippen molar-refractivity contribution < 1.29 is 4.39 Å². The smallest absolute Gasteiger partial charge is 0.191 e. The molecular formula is C15H22FN3S. The van der Waals surface area contributed by atoms with Crippen molar-refractivity contribution in [3.05, 3.63) is 35.1 Å². The van der Waals surface area contributed by atoms with E-state index in [1.165, 1.54) is 18.9 Å². The summed E-state index contributed by atoms with van der Waals surface area (Å²) in [5.74, 6) is 1.49. The van der Waals surface area contributed by atoms with Crippen LogP contribution in [-0.2, 0) is 12.3 Å². The number of benzene rings is 1. The highest BCUT2D eigenvalue weighted by Gasteiger charge is 2.22. The number of guanidine groups is 1. The minimum atomic E-state index is -0.176. The SMILES string of the molecule is CCNC(=NCc1ccc(F)cc1CSC)NC1CC1. The van der Waals surface area contributed by atoms with Gasteiger partial charge in [0.1, 0.15) is 5.82 Å². The quantitative estimate of drug-likeness (QED) is 0.626. The highest BCUT2D eigenvalue weighted by atomic mass is 32.2. The summed E-state index contributed by atoms with van der Waals surface area (Å²) >= 11 is 1.70. The van der Waals surface area contributed by atoms with E-state index in [-0.39, 0.29) is 5.82 Å². The van der Waals surface area contributed by atoms with Gasteiger partial charge in [-0.15, -0.1) is 0 Å². The zero-order chi connectivity index (χ0) is 14.4. The van der Waals surface area contributed by atoms with Gasteiger partial charge in [-0.3, -0.25) is 0 Å². The summed E-state index contributed by atoms with van der Waals surface area (Å²) < 4.78 is 13.3. The molecule has 5 heteroatoms. The molecule has 2 N–H and O–H groups in total. The van der Waals surface area contributed by atoms with Crippen LogP contribution in [0.1, 0.15) is 30.9 Å². The Bertz CT molecular complexity index is 472. The van der Waals surface area contributed by atoms with E-state index >= 15 is 0 Å². The summed E-state index contributed by atoms with van der Waals surface area (Å²) in [4.78, 5) is 4.60. The molecule has 1 aromatic carbocycles. The summed E-state index contributed by atoms with van der Waals surface area (Å²) in [6.07, 6.45) is 4.47. The fourth-order valence-corrected chi connectivity index (χ4v) is 2.52. The first-order valence-corrected chi connectivity index (χ1v) is 8.43. The predicted molar refractivity (Wildman–Crippen MR) is 84.6 cm³/mol. The molecule has 0 atom stereocenters. The molecule has 1 saturated carbocycles. The van der Waals surface area contributed by atoms with Gasteiger partial charge in [0.2, 0.25) is 0 Å². The third-order valence-electron chi connectivity index (χ3n) is 3.14. The number of halogens is 1. The van der Waals surface area contributed by atoms with Gasteiger partial charge in [-0.2, -0.15) is 11.8 Å². The maximum Gasteiger partial charge on any atom is 0.191 e. The third-order valence-corrected chi connectivity index (χ3v) is 3.74. The molecule has 0 unspecified atom stereocenters. The number of hydrogen-bond donors (Lipinski definition) is 2. The molecule has 0 spiro atoms. The maximum atomic E-state index is 13.3. The first-order valence-electron chi connectivity index (χ1n) is 7.04. The van der Waals surface area contributed by atoms with E-state index in [1.807, 2.05) is 12.3 Å². The highest BCUT2D eigenvalue weighted by molar-refractivity contribution is 7.97. The average Bonchev–Trinajstić information content (AvgIpc) is 3.22.